The standard InChI is InChI=1S/C11H11NO2S/c1-13-10-6-4-3-5-8(10)9-7-15-11(12-9)14-2/h3-7H,1-2H3. The van der Waals surface area contributed by atoms with Crippen LogP contribution in [-0.2, 0) is 0 Å². The average Bonchev–Trinajstić information content (AvgIpc) is 2.77. The van der Waals surface area contributed by atoms with E-state index in [9.17, 15) is 0 Å². The molecular weight excluding hydrogens is 210 g/mol. The van der Waals surface area contributed by atoms with E-state index in [0.717, 1.165) is 17.0 Å². The molecule has 0 saturated carbocycles. The van der Waals surface area contributed by atoms with E-state index in [1.54, 1.807) is 14.2 Å². The van der Waals surface area contributed by atoms with E-state index < -0.39 is 0 Å². The highest BCUT2D eigenvalue weighted by Gasteiger charge is 2.08. The van der Waals surface area contributed by atoms with E-state index in [4.69, 9.17) is 9.47 Å². The number of benzene rings is 1. The molecule has 0 spiro atoms. The number of para-hydroxylation sites is 1. The van der Waals surface area contributed by atoms with Gasteiger partial charge in [0.2, 0.25) is 0 Å². The van der Waals surface area contributed by atoms with Crippen molar-refractivity contribution in [3.05, 3.63) is 29.6 Å². The van der Waals surface area contributed by atoms with E-state index in [-0.39, 0.29) is 0 Å². The molecule has 0 bridgehead atoms. The Kier molecular flexibility index (Phi) is 2.87. The zero-order valence-corrected chi connectivity index (χ0v) is 9.38. The molecule has 3 nitrogen and oxygen atoms in total. The van der Waals surface area contributed by atoms with Crippen LogP contribution in [0.15, 0.2) is 29.6 Å². The Morgan fingerprint density at radius 1 is 1.13 bits per heavy atom. The predicted molar refractivity (Wildman–Crippen MR) is 60.7 cm³/mol. The molecule has 4 heteroatoms. The Morgan fingerprint density at radius 2 is 1.93 bits per heavy atom. The van der Waals surface area contributed by atoms with Crippen molar-refractivity contribution in [3.8, 4) is 22.2 Å². The second-order valence-electron chi connectivity index (χ2n) is 2.90. The fraction of sp³-hybridized carbons (Fsp3) is 0.182. The minimum atomic E-state index is 0.663. The second kappa shape index (κ2) is 4.31. The molecule has 0 unspecified atom stereocenters. The summed E-state index contributed by atoms with van der Waals surface area (Å²) in [6.45, 7) is 0. The van der Waals surface area contributed by atoms with Crippen LogP contribution in [-0.4, -0.2) is 19.2 Å². The number of rotatable bonds is 3. The first kappa shape index (κ1) is 9.98. The van der Waals surface area contributed by atoms with Crippen LogP contribution in [0.1, 0.15) is 0 Å². The first-order chi connectivity index (χ1) is 7.35. The lowest BCUT2D eigenvalue weighted by atomic mass is 10.1. The fourth-order valence-electron chi connectivity index (χ4n) is 1.33. The van der Waals surface area contributed by atoms with Gasteiger partial charge < -0.3 is 9.47 Å². The van der Waals surface area contributed by atoms with Crippen LogP contribution in [0.3, 0.4) is 0 Å². The van der Waals surface area contributed by atoms with Crippen LogP contribution in [0.25, 0.3) is 11.3 Å². The van der Waals surface area contributed by atoms with Crippen LogP contribution in [0.4, 0.5) is 0 Å². The molecule has 1 aromatic heterocycles. The predicted octanol–water partition coefficient (Wildman–Crippen LogP) is 2.83. The molecule has 1 heterocycles. The van der Waals surface area contributed by atoms with Crippen molar-refractivity contribution in [2.75, 3.05) is 14.2 Å². The zero-order valence-electron chi connectivity index (χ0n) is 8.56. The van der Waals surface area contributed by atoms with E-state index >= 15 is 0 Å². The van der Waals surface area contributed by atoms with Crippen LogP contribution in [0.5, 0.6) is 10.9 Å². The maximum Gasteiger partial charge on any atom is 0.273 e. The number of aromatic nitrogens is 1. The van der Waals surface area contributed by atoms with E-state index in [1.165, 1.54) is 11.3 Å². The van der Waals surface area contributed by atoms with Crippen LogP contribution in [0.2, 0.25) is 0 Å². The molecule has 0 aliphatic heterocycles. The van der Waals surface area contributed by atoms with Gasteiger partial charge in [-0.15, -0.1) is 0 Å². The highest BCUT2D eigenvalue weighted by atomic mass is 32.1. The van der Waals surface area contributed by atoms with Crippen LogP contribution in [0, 0.1) is 0 Å². The number of ether oxygens (including phenoxy) is 2. The third-order valence-electron chi connectivity index (χ3n) is 2.04. The van der Waals surface area contributed by atoms with Crippen LogP contribution >= 0.6 is 11.3 Å². The quantitative estimate of drug-likeness (QED) is 0.798. The van der Waals surface area contributed by atoms with E-state index in [1.807, 2.05) is 29.6 Å². The van der Waals surface area contributed by atoms with Crippen molar-refractivity contribution in [3.63, 3.8) is 0 Å². The molecule has 2 rings (SSSR count). The van der Waals surface area contributed by atoms with Gasteiger partial charge in [0.15, 0.2) is 0 Å². The number of hydrogen-bond acceptors (Lipinski definition) is 4. The molecule has 0 radical (unpaired) electrons. The highest BCUT2D eigenvalue weighted by Crippen LogP contribution is 2.32. The molecule has 78 valence electrons. The van der Waals surface area contributed by atoms with Crippen molar-refractivity contribution in [1.29, 1.82) is 0 Å². The molecule has 0 aliphatic carbocycles. The zero-order chi connectivity index (χ0) is 10.7. The molecule has 15 heavy (non-hydrogen) atoms. The Labute approximate surface area is 92.3 Å². The average molecular weight is 221 g/mol. The summed E-state index contributed by atoms with van der Waals surface area (Å²) in [5.41, 5.74) is 1.87. The van der Waals surface area contributed by atoms with Crippen molar-refractivity contribution >= 4 is 11.3 Å². The molecule has 0 amide bonds. The lowest BCUT2D eigenvalue weighted by Gasteiger charge is -2.04. The van der Waals surface area contributed by atoms with Crippen molar-refractivity contribution in [1.82, 2.24) is 4.98 Å². The second-order valence-corrected chi connectivity index (χ2v) is 3.72. The normalized spacial score (nSPS) is 10.0. The van der Waals surface area contributed by atoms with Gasteiger partial charge in [-0.25, -0.2) is 4.98 Å². The summed E-state index contributed by atoms with van der Waals surface area (Å²) in [4.78, 5) is 4.32. The van der Waals surface area contributed by atoms with Crippen molar-refractivity contribution in [2.24, 2.45) is 0 Å². The summed E-state index contributed by atoms with van der Waals surface area (Å²) >= 11 is 1.47. The summed E-state index contributed by atoms with van der Waals surface area (Å²) in [5, 5.41) is 2.62. The molecule has 0 N–H and O–H groups in total. The summed E-state index contributed by atoms with van der Waals surface area (Å²) in [6.07, 6.45) is 0. The topological polar surface area (TPSA) is 31.4 Å². The summed E-state index contributed by atoms with van der Waals surface area (Å²) < 4.78 is 10.3. The first-order valence-electron chi connectivity index (χ1n) is 4.48. The number of nitrogens with zero attached hydrogens (tertiary/aromatic N) is 1. The maximum absolute atomic E-state index is 5.27. The minimum absolute atomic E-state index is 0.663. The van der Waals surface area contributed by atoms with Gasteiger partial charge in [-0.05, 0) is 12.1 Å². The fourth-order valence-corrected chi connectivity index (χ4v) is 1.97. The summed E-state index contributed by atoms with van der Waals surface area (Å²) in [7, 11) is 3.27. The third kappa shape index (κ3) is 1.94. The maximum atomic E-state index is 5.27. The molecule has 0 saturated heterocycles. The molecule has 0 aliphatic rings. The Hall–Kier alpha value is -1.55. The van der Waals surface area contributed by atoms with Gasteiger partial charge in [-0.1, -0.05) is 23.5 Å². The molecular formula is C11H11NO2S. The molecule has 2 aromatic rings. The summed E-state index contributed by atoms with van der Waals surface area (Å²) in [5.74, 6) is 0.824. The van der Waals surface area contributed by atoms with Crippen molar-refractivity contribution < 1.29 is 9.47 Å². The van der Waals surface area contributed by atoms with Gasteiger partial charge in [-0.2, -0.15) is 0 Å². The van der Waals surface area contributed by atoms with E-state index in [2.05, 4.69) is 4.98 Å². The lowest BCUT2D eigenvalue weighted by Crippen LogP contribution is -1.87. The SMILES string of the molecule is COc1nc(-c2ccccc2OC)cs1. The number of hydrogen-bond donors (Lipinski definition) is 0. The Balaban J connectivity index is 2.44. The Bertz CT molecular complexity index is 453. The smallest absolute Gasteiger partial charge is 0.273 e. The highest BCUT2D eigenvalue weighted by molar-refractivity contribution is 7.11. The Morgan fingerprint density at radius 3 is 2.60 bits per heavy atom. The van der Waals surface area contributed by atoms with Gasteiger partial charge in [0, 0.05) is 10.9 Å². The monoisotopic (exact) mass is 221 g/mol. The van der Waals surface area contributed by atoms with Gasteiger partial charge in [0.1, 0.15) is 5.75 Å². The van der Waals surface area contributed by atoms with Crippen LogP contribution < -0.4 is 9.47 Å². The lowest BCUT2D eigenvalue weighted by molar-refractivity contribution is 0.411. The summed E-state index contributed by atoms with van der Waals surface area (Å²) in [6, 6.07) is 7.80. The molecule has 0 atom stereocenters. The van der Waals surface area contributed by atoms with Gasteiger partial charge in [-0.3, -0.25) is 0 Å². The first-order valence-corrected chi connectivity index (χ1v) is 5.36. The van der Waals surface area contributed by atoms with Gasteiger partial charge >= 0.3 is 0 Å². The third-order valence-corrected chi connectivity index (χ3v) is 2.84. The van der Waals surface area contributed by atoms with Gasteiger partial charge in [0.25, 0.3) is 5.19 Å². The van der Waals surface area contributed by atoms with Gasteiger partial charge in [0.05, 0.1) is 19.9 Å². The molecule has 0 fully saturated rings. The largest absolute Gasteiger partial charge is 0.496 e. The number of methoxy groups -OCH3 is 2. The number of thiazole rings is 1. The van der Waals surface area contributed by atoms with E-state index in [0.29, 0.717) is 5.19 Å². The van der Waals surface area contributed by atoms with Crippen molar-refractivity contribution in [2.45, 2.75) is 0 Å². The molecule has 1 aromatic carbocycles. The minimum Gasteiger partial charge on any atom is -0.496 e.